The molecular formula is C14H19N3O2. The van der Waals surface area contributed by atoms with Crippen molar-refractivity contribution in [2.24, 2.45) is 0 Å². The van der Waals surface area contributed by atoms with E-state index < -0.39 is 0 Å². The van der Waals surface area contributed by atoms with Crippen LogP contribution < -0.4 is 0 Å². The van der Waals surface area contributed by atoms with Crippen LogP contribution in [0, 0.1) is 6.92 Å². The van der Waals surface area contributed by atoms with Crippen molar-refractivity contribution >= 4 is 11.6 Å². The summed E-state index contributed by atoms with van der Waals surface area (Å²) in [7, 11) is 0. The third-order valence-electron chi connectivity index (χ3n) is 2.86. The first kappa shape index (κ1) is 13.5. The summed E-state index contributed by atoms with van der Waals surface area (Å²) in [5.41, 5.74) is 2.74. The van der Waals surface area contributed by atoms with Gasteiger partial charge in [0.1, 0.15) is 0 Å². The highest BCUT2D eigenvalue weighted by Gasteiger charge is 2.27. The van der Waals surface area contributed by atoms with Crippen LogP contribution in [0.15, 0.2) is 12.4 Å². The number of fused-ring (bicyclic) bond motifs is 1. The SMILES string of the molecule is CCOC(=O)c1cnn2cc(C)nc2c1C(C)(C)C. The van der Waals surface area contributed by atoms with E-state index in [1.807, 2.05) is 13.1 Å². The maximum absolute atomic E-state index is 12.1. The topological polar surface area (TPSA) is 56.5 Å². The fourth-order valence-electron chi connectivity index (χ4n) is 2.15. The Morgan fingerprint density at radius 2 is 2.11 bits per heavy atom. The number of ether oxygens (including phenoxy) is 1. The normalized spacial score (nSPS) is 11.8. The fourth-order valence-corrected chi connectivity index (χ4v) is 2.15. The Bertz CT molecular complexity index is 623. The third-order valence-corrected chi connectivity index (χ3v) is 2.86. The van der Waals surface area contributed by atoms with Crippen LogP contribution in [0.25, 0.3) is 5.65 Å². The van der Waals surface area contributed by atoms with E-state index in [1.54, 1.807) is 17.6 Å². The Morgan fingerprint density at radius 3 is 2.68 bits per heavy atom. The molecule has 0 radical (unpaired) electrons. The maximum atomic E-state index is 12.1. The summed E-state index contributed by atoms with van der Waals surface area (Å²) >= 11 is 0. The molecule has 0 fully saturated rings. The van der Waals surface area contributed by atoms with Crippen molar-refractivity contribution in [3.8, 4) is 0 Å². The fraction of sp³-hybridized carbons (Fsp3) is 0.500. The molecule has 0 aliphatic rings. The minimum Gasteiger partial charge on any atom is -0.462 e. The lowest BCUT2D eigenvalue weighted by Crippen LogP contribution is -2.21. The number of rotatable bonds is 2. The van der Waals surface area contributed by atoms with Crippen LogP contribution in [0.3, 0.4) is 0 Å². The van der Waals surface area contributed by atoms with Crippen LogP contribution in [-0.2, 0) is 10.2 Å². The van der Waals surface area contributed by atoms with Crippen molar-refractivity contribution < 1.29 is 9.53 Å². The van der Waals surface area contributed by atoms with Crippen molar-refractivity contribution in [2.75, 3.05) is 6.61 Å². The van der Waals surface area contributed by atoms with Gasteiger partial charge in [-0.25, -0.2) is 14.3 Å². The molecule has 0 saturated heterocycles. The van der Waals surface area contributed by atoms with Gasteiger partial charge in [0.15, 0.2) is 5.65 Å². The highest BCUT2D eigenvalue weighted by Crippen LogP contribution is 2.29. The average molecular weight is 261 g/mol. The molecule has 0 aliphatic heterocycles. The largest absolute Gasteiger partial charge is 0.462 e. The number of esters is 1. The van der Waals surface area contributed by atoms with Crippen LogP contribution in [0.2, 0.25) is 0 Å². The summed E-state index contributed by atoms with van der Waals surface area (Å²) in [6.45, 7) is 10.2. The van der Waals surface area contributed by atoms with Crippen LogP contribution in [-0.4, -0.2) is 27.2 Å². The van der Waals surface area contributed by atoms with E-state index in [4.69, 9.17) is 4.74 Å². The summed E-state index contributed by atoms with van der Waals surface area (Å²) in [6, 6.07) is 0. The van der Waals surface area contributed by atoms with Gasteiger partial charge in [0.2, 0.25) is 0 Å². The van der Waals surface area contributed by atoms with Gasteiger partial charge in [-0.15, -0.1) is 0 Å². The number of hydrogen-bond acceptors (Lipinski definition) is 4. The van der Waals surface area contributed by atoms with Gasteiger partial charge in [0.25, 0.3) is 0 Å². The van der Waals surface area contributed by atoms with Crippen molar-refractivity contribution in [3.63, 3.8) is 0 Å². The molecule has 0 N–H and O–H groups in total. The van der Waals surface area contributed by atoms with Gasteiger partial charge in [-0.2, -0.15) is 5.10 Å². The van der Waals surface area contributed by atoms with E-state index >= 15 is 0 Å². The van der Waals surface area contributed by atoms with Gasteiger partial charge >= 0.3 is 5.97 Å². The molecule has 0 bridgehead atoms. The number of carbonyl (C=O) groups excluding carboxylic acids is 1. The van der Waals surface area contributed by atoms with Crippen molar-refractivity contribution in [2.45, 2.75) is 40.0 Å². The lowest BCUT2D eigenvalue weighted by Gasteiger charge is -2.22. The average Bonchev–Trinajstić information content (AvgIpc) is 2.66. The molecular weight excluding hydrogens is 242 g/mol. The zero-order valence-electron chi connectivity index (χ0n) is 12.0. The minimum absolute atomic E-state index is 0.218. The van der Waals surface area contributed by atoms with Crippen molar-refractivity contribution in [1.82, 2.24) is 14.6 Å². The number of hydrogen-bond donors (Lipinski definition) is 0. The predicted molar refractivity (Wildman–Crippen MR) is 72.4 cm³/mol. The summed E-state index contributed by atoms with van der Waals surface area (Å²) in [5, 5.41) is 4.23. The molecule has 2 aromatic rings. The molecule has 0 spiro atoms. The summed E-state index contributed by atoms with van der Waals surface area (Å²) in [4.78, 5) is 16.5. The molecule has 2 heterocycles. The van der Waals surface area contributed by atoms with E-state index in [-0.39, 0.29) is 11.4 Å². The van der Waals surface area contributed by atoms with E-state index in [0.29, 0.717) is 12.2 Å². The molecule has 0 aromatic carbocycles. The first-order valence-corrected chi connectivity index (χ1v) is 6.37. The summed E-state index contributed by atoms with van der Waals surface area (Å²) < 4.78 is 6.81. The molecule has 0 saturated carbocycles. The molecule has 0 amide bonds. The second-order valence-corrected chi connectivity index (χ2v) is 5.55. The van der Waals surface area contributed by atoms with Gasteiger partial charge in [-0.05, 0) is 19.3 Å². The van der Waals surface area contributed by atoms with E-state index in [0.717, 1.165) is 16.9 Å². The molecule has 102 valence electrons. The van der Waals surface area contributed by atoms with E-state index in [1.165, 1.54) is 0 Å². The predicted octanol–water partition coefficient (Wildman–Crippen LogP) is 2.51. The zero-order valence-corrected chi connectivity index (χ0v) is 12.0. The highest BCUT2D eigenvalue weighted by molar-refractivity contribution is 5.93. The number of carbonyl (C=O) groups is 1. The third kappa shape index (κ3) is 2.45. The van der Waals surface area contributed by atoms with Crippen molar-refractivity contribution in [3.05, 3.63) is 29.2 Å². The molecule has 2 rings (SSSR count). The van der Waals surface area contributed by atoms with Crippen molar-refractivity contribution in [1.29, 1.82) is 0 Å². The number of aromatic nitrogens is 3. The van der Waals surface area contributed by atoms with Crippen LogP contribution in [0.1, 0.15) is 49.3 Å². The molecule has 0 aliphatic carbocycles. The Labute approximate surface area is 112 Å². The van der Waals surface area contributed by atoms with E-state index in [9.17, 15) is 4.79 Å². The van der Waals surface area contributed by atoms with E-state index in [2.05, 4.69) is 30.9 Å². The van der Waals surface area contributed by atoms with Gasteiger partial charge in [-0.3, -0.25) is 0 Å². The number of nitrogens with zero attached hydrogens (tertiary/aromatic N) is 3. The molecule has 0 atom stereocenters. The Kier molecular flexibility index (Phi) is 3.30. The standard InChI is InChI=1S/C14H19N3O2/c1-6-19-13(18)10-7-15-17-8-9(2)16-12(17)11(10)14(3,4)5/h7-8H,6H2,1-5H3. The Hall–Kier alpha value is -1.91. The maximum Gasteiger partial charge on any atom is 0.340 e. The van der Waals surface area contributed by atoms with Crippen LogP contribution >= 0.6 is 0 Å². The monoisotopic (exact) mass is 261 g/mol. The van der Waals surface area contributed by atoms with Gasteiger partial charge in [0.05, 0.1) is 30.3 Å². The molecule has 5 heteroatoms. The highest BCUT2D eigenvalue weighted by atomic mass is 16.5. The lowest BCUT2D eigenvalue weighted by molar-refractivity contribution is 0.0523. The van der Waals surface area contributed by atoms with Crippen LogP contribution in [0.5, 0.6) is 0 Å². The quantitative estimate of drug-likeness (QED) is 0.779. The van der Waals surface area contributed by atoms with Gasteiger partial charge < -0.3 is 4.74 Å². The first-order chi connectivity index (χ1) is 8.84. The molecule has 19 heavy (non-hydrogen) atoms. The number of imidazole rings is 1. The second kappa shape index (κ2) is 4.64. The number of aryl methyl sites for hydroxylation is 1. The Morgan fingerprint density at radius 1 is 1.42 bits per heavy atom. The van der Waals surface area contributed by atoms with Gasteiger partial charge in [0, 0.05) is 5.56 Å². The molecule has 2 aromatic heterocycles. The summed E-state index contributed by atoms with van der Waals surface area (Å²) in [5.74, 6) is -0.344. The zero-order chi connectivity index (χ0) is 14.2. The summed E-state index contributed by atoms with van der Waals surface area (Å²) in [6.07, 6.45) is 3.41. The molecule has 0 unspecified atom stereocenters. The minimum atomic E-state index is -0.344. The smallest absolute Gasteiger partial charge is 0.340 e. The van der Waals surface area contributed by atoms with Crippen LogP contribution in [0.4, 0.5) is 0 Å². The van der Waals surface area contributed by atoms with Gasteiger partial charge in [-0.1, -0.05) is 20.8 Å². The Balaban J connectivity index is 2.73. The second-order valence-electron chi connectivity index (χ2n) is 5.55. The lowest BCUT2D eigenvalue weighted by atomic mass is 9.85. The molecule has 5 nitrogen and oxygen atoms in total. The first-order valence-electron chi connectivity index (χ1n) is 6.37.